The molecule has 1 N–H and O–H groups in total. The number of hydrogen-bond acceptors (Lipinski definition) is 5. The summed E-state index contributed by atoms with van der Waals surface area (Å²) in [5.74, 6) is -2.46. The Morgan fingerprint density at radius 1 is 0.885 bits per heavy atom. The fraction of sp³-hybridized carbons (Fsp3) is 0.524. The van der Waals surface area contributed by atoms with Gasteiger partial charge in [-0.3, -0.25) is 0 Å². The van der Waals surface area contributed by atoms with E-state index in [9.17, 15) is 14.7 Å². The topological polar surface area (TPSA) is 72.8 Å². The van der Waals surface area contributed by atoms with Gasteiger partial charge >= 0.3 is 11.9 Å². The lowest BCUT2D eigenvalue weighted by Gasteiger charge is -2.30. The van der Waals surface area contributed by atoms with Gasteiger partial charge in [0, 0.05) is 25.0 Å². The highest BCUT2D eigenvalue weighted by Gasteiger charge is 2.39. The molecule has 0 amide bonds. The molecular formula is C21H28O5. The maximum Gasteiger partial charge on any atom is 0.348 e. The Bertz CT molecular complexity index is 729. The Labute approximate surface area is 155 Å². The molecule has 5 nitrogen and oxygen atoms in total. The van der Waals surface area contributed by atoms with Crippen molar-refractivity contribution in [2.24, 2.45) is 0 Å². The summed E-state index contributed by atoms with van der Waals surface area (Å²) < 4.78 is 10.3. The lowest BCUT2D eigenvalue weighted by molar-refractivity contribution is -0.222. The van der Waals surface area contributed by atoms with Crippen LogP contribution >= 0.6 is 0 Å². The summed E-state index contributed by atoms with van der Waals surface area (Å²) >= 11 is 0. The zero-order chi connectivity index (χ0) is 20.1. The summed E-state index contributed by atoms with van der Waals surface area (Å²) in [5.41, 5.74) is 1.35. The zero-order valence-corrected chi connectivity index (χ0v) is 16.8. The minimum absolute atomic E-state index is 0.158. The van der Waals surface area contributed by atoms with Crippen molar-refractivity contribution >= 4 is 18.0 Å². The monoisotopic (exact) mass is 360 g/mol. The number of carbonyl (C=O) groups excluding carboxylic acids is 2. The van der Waals surface area contributed by atoms with Gasteiger partial charge in [-0.2, -0.15) is 0 Å². The molecule has 5 heteroatoms. The molecule has 1 saturated heterocycles. The van der Waals surface area contributed by atoms with Crippen molar-refractivity contribution in [2.75, 3.05) is 0 Å². The average molecular weight is 360 g/mol. The van der Waals surface area contributed by atoms with Crippen LogP contribution in [0.4, 0.5) is 0 Å². The summed E-state index contributed by atoms with van der Waals surface area (Å²) in [6.45, 7) is 15.0. The first-order chi connectivity index (χ1) is 11.6. The number of phenolic OH excluding ortho intramolecular Hbond substituents is 1. The quantitative estimate of drug-likeness (QED) is 0.461. The molecule has 0 aromatic heterocycles. The number of phenols is 1. The van der Waals surface area contributed by atoms with E-state index in [1.165, 1.54) is 19.9 Å². The smallest absolute Gasteiger partial charge is 0.348 e. The third kappa shape index (κ3) is 4.09. The molecule has 26 heavy (non-hydrogen) atoms. The van der Waals surface area contributed by atoms with Crippen molar-refractivity contribution in [3.63, 3.8) is 0 Å². The molecule has 0 radical (unpaired) electrons. The SMILES string of the molecule is CC1(C)OC(=O)C(=Cc2cc(C(C)(C)C)c(O)c(C(C)(C)C)c2)C(=O)O1. The minimum atomic E-state index is -1.27. The van der Waals surface area contributed by atoms with E-state index in [1.807, 2.05) is 41.5 Å². The van der Waals surface area contributed by atoms with Crippen LogP contribution in [0.25, 0.3) is 6.08 Å². The Balaban J connectivity index is 2.64. The van der Waals surface area contributed by atoms with Gasteiger partial charge in [0.15, 0.2) is 0 Å². The van der Waals surface area contributed by atoms with E-state index in [0.29, 0.717) is 5.56 Å². The number of aromatic hydroxyl groups is 1. The van der Waals surface area contributed by atoms with Gasteiger partial charge in [0.25, 0.3) is 5.79 Å². The van der Waals surface area contributed by atoms with Crippen LogP contribution in [0.1, 0.15) is 72.1 Å². The second-order valence-corrected chi connectivity index (χ2v) is 9.20. The Morgan fingerprint density at radius 3 is 1.62 bits per heavy atom. The lowest BCUT2D eigenvalue weighted by Crippen LogP contribution is -2.41. The summed E-state index contributed by atoms with van der Waals surface area (Å²) in [7, 11) is 0. The predicted molar refractivity (Wildman–Crippen MR) is 99.7 cm³/mol. The summed E-state index contributed by atoms with van der Waals surface area (Å²) in [5, 5.41) is 10.8. The summed E-state index contributed by atoms with van der Waals surface area (Å²) in [6.07, 6.45) is 1.46. The van der Waals surface area contributed by atoms with Crippen LogP contribution in [0, 0.1) is 0 Å². The van der Waals surface area contributed by atoms with Gasteiger partial charge in [-0.25, -0.2) is 9.59 Å². The molecular weight excluding hydrogens is 332 g/mol. The van der Waals surface area contributed by atoms with Gasteiger partial charge < -0.3 is 14.6 Å². The van der Waals surface area contributed by atoms with E-state index in [0.717, 1.165) is 11.1 Å². The van der Waals surface area contributed by atoms with Gasteiger partial charge in [0.1, 0.15) is 11.3 Å². The second kappa shape index (κ2) is 6.15. The first-order valence-corrected chi connectivity index (χ1v) is 8.68. The number of benzene rings is 1. The molecule has 0 spiro atoms. The van der Waals surface area contributed by atoms with Crippen molar-refractivity contribution in [2.45, 2.75) is 72.0 Å². The van der Waals surface area contributed by atoms with Gasteiger partial charge in [0.05, 0.1) is 0 Å². The third-order valence-electron chi connectivity index (χ3n) is 4.18. The number of carbonyl (C=O) groups is 2. The molecule has 1 aromatic carbocycles. The van der Waals surface area contributed by atoms with Gasteiger partial charge in [-0.15, -0.1) is 0 Å². The first kappa shape index (κ1) is 20.0. The fourth-order valence-corrected chi connectivity index (χ4v) is 2.83. The van der Waals surface area contributed by atoms with E-state index in [2.05, 4.69) is 0 Å². The third-order valence-corrected chi connectivity index (χ3v) is 4.18. The highest BCUT2D eigenvalue weighted by Crippen LogP contribution is 2.40. The molecule has 1 aliphatic rings. The molecule has 0 aliphatic carbocycles. The van der Waals surface area contributed by atoms with Gasteiger partial charge in [-0.1, -0.05) is 41.5 Å². The average Bonchev–Trinajstić information content (AvgIpc) is 2.40. The maximum atomic E-state index is 12.2. The van der Waals surface area contributed by atoms with Gasteiger partial charge in [0.2, 0.25) is 0 Å². The van der Waals surface area contributed by atoms with Crippen LogP contribution in [-0.2, 0) is 29.9 Å². The second-order valence-electron chi connectivity index (χ2n) is 9.20. The highest BCUT2D eigenvalue weighted by atomic mass is 16.7. The summed E-state index contributed by atoms with van der Waals surface area (Å²) in [4.78, 5) is 24.4. The normalized spacial score (nSPS) is 17.6. The molecule has 1 aliphatic heterocycles. The minimum Gasteiger partial charge on any atom is -0.507 e. The number of rotatable bonds is 1. The van der Waals surface area contributed by atoms with Crippen molar-refractivity contribution in [3.8, 4) is 5.75 Å². The van der Waals surface area contributed by atoms with Gasteiger partial charge in [-0.05, 0) is 34.6 Å². The van der Waals surface area contributed by atoms with Crippen LogP contribution < -0.4 is 0 Å². The lowest BCUT2D eigenvalue weighted by atomic mass is 9.78. The van der Waals surface area contributed by atoms with Crippen molar-refractivity contribution in [3.05, 3.63) is 34.4 Å². The molecule has 1 aromatic rings. The highest BCUT2D eigenvalue weighted by molar-refractivity contribution is 6.18. The molecule has 0 saturated carbocycles. The molecule has 1 heterocycles. The summed E-state index contributed by atoms with van der Waals surface area (Å²) in [6, 6.07) is 3.58. The number of cyclic esters (lactones) is 2. The van der Waals surface area contributed by atoms with Crippen molar-refractivity contribution in [1.29, 1.82) is 0 Å². The van der Waals surface area contributed by atoms with Crippen LogP contribution in [0.2, 0.25) is 0 Å². The van der Waals surface area contributed by atoms with Crippen molar-refractivity contribution < 1.29 is 24.2 Å². The molecule has 142 valence electrons. The van der Waals surface area contributed by atoms with Crippen molar-refractivity contribution in [1.82, 2.24) is 0 Å². The van der Waals surface area contributed by atoms with E-state index >= 15 is 0 Å². The number of hydrogen-bond donors (Lipinski definition) is 1. The first-order valence-electron chi connectivity index (χ1n) is 8.68. The molecule has 2 rings (SSSR count). The van der Waals surface area contributed by atoms with Crippen LogP contribution in [0.5, 0.6) is 5.75 Å². The van der Waals surface area contributed by atoms with E-state index in [4.69, 9.17) is 9.47 Å². The van der Waals surface area contributed by atoms with E-state index in [-0.39, 0.29) is 22.2 Å². The Kier molecular flexibility index (Phi) is 4.73. The molecule has 1 fully saturated rings. The van der Waals surface area contributed by atoms with E-state index in [1.54, 1.807) is 12.1 Å². The molecule has 0 bridgehead atoms. The van der Waals surface area contributed by atoms with Crippen LogP contribution in [-0.4, -0.2) is 22.8 Å². The van der Waals surface area contributed by atoms with Crippen LogP contribution in [0.15, 0.2) is 17.7 Å². The number of ether oxygens (including phenoxy) is 2. The standard InChI is InChI=1S/C21H28O5/c1-19(2,3)14-10-12(11-15(16(14)22)20(4,5)6)9-13-17(23)25-21(7,8)26-18(13)24/h9-11,22H,1-8H3. The predicted octanol–water partition coefficient (Wildman–Crippen LogP) is 4.21. The fourth-order valence-electron chi connectivity index (χ4n) is 2.83. The number of esters is 2. The van der Waals surface area contributed by atoms with E-state index < -0.39 is 17.7 Å². The zero-order valence-electron chi connectivity index (χ0n) is 16.8. The Hall–Kier alpha value is -2.30. The Morgan fingerprint density at radius 2 is 1.27 bits per heavy atom. The maximum absolute atomic E-state index is 12.2. The van der Waals surface area contributed by atoms with Crippen LogP contribution in [0.3, 0.4) is 0 Å². The largest absolute Gasteiger partial charge is 0.507 e. The molecule has 0 atom stereocenters. The molecule has 0 unspecified atom stereocenters.